The molecule has 0 spiro atoms. The maximum atomic E-state index is 11.8. The largest absolute Gasteiger partial charge is 0.469 e. The van der Waals surface area contributed by atoms with Crippen LogP contribution in [0.1, 0.15) is 64.7 Å². The first-order valence-corrected chi connectivity index (χ1v) is 8.27. The van der Waals surface area contributed by atoms with Crippen molar-refractivity contribution in [2.45, 2.75) is 64.7 Å². The van der Waals surface area contributed by atoms with E-state index >= 15 is 0 Å². The molecule has 1 aliphatic carbocycles. The maximum Gasteiger partial charge on any atom is 0.312 e. The molecule has 0 bridgehead atoms. The zero-order valence-electron chi connectivity index (χ0n) is 13.8. The Balaban J connectivity index is 2.77. The van der Waals surface area contributed by atoms with Gasteiger partial charge in [0, 0.05) is 13.3 Å². The molecule has 1 aliphatic rings. The average molecular weight is 308 g/mol. The van der Waals surface area contributed by atoms with E-state index in [0.29, 0.717) is 5.76 Å². The highest BCUT2D eigenvalue weighted by atomic mass is 16.5. The van der Waals surface area contributed by atoms with Crippen LogP contribution < -0.4 is 0 Å². The van der Waals surface area contributed by atoms with Gasteiger partial charge in [0.05, 0.1) is 13.0 Å². The predicted molar refractivity (Wildman–Crippen MR) is 86.0 cm³/mol. The van der Waals surface area contributed by atoms with Gasteiger partial charge < -0.3 is 9.47 Å². The second-order valence-electron chi connectivity index (χ2n) is 5.75. The molecule has 0 aromatic heterocycles. The van der Waals surface area contributed by atoms with E-state index in [4.69, 9.17) is 9.47 Å². The van der Waals surface area contributed by atoms with Gasteiger partial charge in [-0.05, 0) is 18.9 Å². The molecular formula is C18H28O4. The summed E-state index contributed by atoms with van der Waals surface area (Å²) in [5.41, 5.74) is 0. The molecule has 1 unspecified atom stereocenters. The van der Waals surface area contributed by atoms with Crippen molar-refractivity contribution >= 4 is 11.9 Å². The molecule has 0 radical (unpaired) electrons. The number of esters is 2. The zero-order chi connectivity index (χ0) is 16.2. The van der Waals surface area contributed by atoms with Crippen molar-refractivity contribution < 1.29 is 19.1 Å². The minimum atomic E-state index is -0.301. The lowest BCUT2D eigenvalue weighted by Gasteiger charge is -2.11. The number of allylic oxidation sites excluding steroid dienone is 3. The molecule has 22 heavy (non-hydrogen) atoms. The minimum Gasteiger partial charge on any atom is -0.469 e. The van der Waals surface area contributed by atoms with Crippen molar-refractivity contribution in [3.8, 4) is 0 Å². The molecule has 0 N–H and O–H groups in total. The third-order valence-electron chi connectivity index (χ3n) is 3.84. The van der Waals surface area contributed by atoms with E-state index in [1.165, 1.54) is 33.3 Å². The number of methoxy groups -OCH3 is 1. The Kier molecular flexibility index (Phi) is 9.28. The van der Waals surface area contributed by atoms with Crippen LogP contribution in [-0.4, -0.2) is 19.0 Å². The third-order valence-corrected chi connectivity index (χ3v) is 3.84. The first-order valence-electron chi connectivity index (χ1n) is 8.27. The van der Waals surface area contributed by atoms with Gasteiger partial charge in [0.1, 0.15) is 5.76 Å². The quantitative estimate of drug-likeness (QED) is 0.714. The molecule has 4 nitrogen and oxygen atoms in total. The van der Waals surface area contributed by atoms with Gasteiger partial charge in [-0.15, -0.1) is 0 Å². The number of ether oxygens (including phenoxy) is 2. The first-order chi connectivity index (χ1) is 10.6. The Labute approximate surface area is 133 Å². The van der Waals surface area contributed by atoms with Crippen molar-refractivity contribution in [1.29, 1.82) is 0 Å². The summed E-state index contributed by atoms with van der Waals surface area (Å²) in [5.74, 6) is -0.0525. The number of rotatable bonds is 2. The lowest BCUT2D eigenvalue weighted by Crippen LogP contribution is -2.13. The van der Waals surface area contributed by atoms with E-state index in [0.717, 1.165) is 38.5 Å². The number of carbonyl (C=O) groups excluding carboxylic acids is 2. The highest BCUT2D eigenvalue weighted by Gasteiger charge is 2.15. The summed E-state index contributed by atoms with van der Waals surface area (Å²) in [4.78, 5) is 22.9. The Morgan fingerprint density at radius 3 is 2.32 bits per heavy atom. The maximum absolute atomic E-state index is 11.8. The third kappa shape index (κ3) is 8.01. The molecule has 1 rings (SSSR count). The molecular weight excluding hydrogens is 280 g/mol. The van der Waals surface area contributed by atoms with Gasteiger partial charge in [-0.2, -0.15) is 0 Å². The van der Waals surface area contributed by atoms with Gasteiger partial charge in [-0.3, -0.25) is 9.59 Å². The highest BCUT2D eigenvalue weighted by Crippen LogP contribution is 2.18. The summed E-state index contributed by atoms with van der Waals surface area (Å²) in [7, 11) is 1.42. The van der Waals surface area contributed by atoms with Gasteiger partial charge in [0.15, 0.2) is 0 Å². The van der Waals surface area contributed by atoms with Crippen LogP contribution in [0.4, 0.5) is 0 Å². The summed E-state index contributed by atoms with van der Waals surface area (Å²) in [6, 6.07) is 0. The normalized spacial score (nSPS) is 25.2. The fourth-order valence-corrected chi connectivity index (χ4v) is 2.64. The number of hydrogen-bond acceptors (Lipinski definition) is 4. The van der Waals surface area contributed by atoms with Crippen LogP contribution in [0.3, 0.4) is 0 Å². The summed E-state index contributed by atoms with van der Waals surface area (Å²) < 4.78 is 10.1. The fourth-order valence-electron chi connectivity index (χ4n) is 2.64. The van der Waals surface area contributed by atoms with Crippen LogP contribution in [0.2, 0.25) is 0 Å². The number of carbonyl (C=O) groups is 2. The van der Waals surface area contributed by atoms with Crippen LogP contribution in [0.25, 0.3) is 0 Å². The van der Waals surface area contributed by atoms with Crippen LogP contribution >= 0.6 is 0 Å². The monoisotopic (exact) mass is 308 g/mol. The SMILES string of the molecule is COC(=O)C1/C=C\C=C(/OC(C)=O)CCCCCCCCC1. The summed E-state index contributed by atoms with van der Waals surface area (Å²) >= 11 is 0. The van der Waals surface area contributed by atoms with Gasteiger partial charge in [-0.25, -0.2) is 0 Å². The van der Waals surface area contributed by atoms with Crippen molar-refractivity contribution in [2.75, 3.05) is 7.11 Å². The van der Waals surface area contributed by atoms with Crippen LogP contribution in [0.15, 0.2) is 24.0 Å². The van der Waals surface area contributed by atoms with E-state index in [1.807, 2.05) is 12.2 Å². The standard InChI is InChI=1S/C18H28O4/c1-15(19)22-17-13-9-7-5-3-4-6-8-11-16(12-10-14-17)18(20)21-2/h10,12,14,16H,3-9,11,13H2,1-2H3/b12-10-,17-14-. The van der Waals surface area contributed by atoms with Crippen molar-refractivity contribution in [3.63, 3.8) is 0 Å². The molecule has 0 heterocycles. The summed E-state index contributed by atoms with van der Waals surface area (Å²) in [6.45, 7) is 1.41. The van der Waals surface area contributed by atoms with Crippen molar-refractivity contribution in [3.05, 3.63) is 24.0 Å². The molecule has 0 aromatic rings. The van der Waals surface area contributed by atoms with E-state index in [-0.39, 0.29) is 17.9 Å². The van der Waals surface area contributed by atoms with Gasteiger partial charge in [0.2, 0.25) is 0 Å². The lowest BCUT2D eigenvalue weighted by atomic mass is 9.98. The second kappa shape index (κ2) is 11.0. The summed E-state index contributed by atoms with van der Waals surface area (Å²) in [5, 5.41) is 0. The fraction of sp³-hybridized carbons (Fsp3) is 0.667. The molecule has 0 aromatic carbocycles. The highest BCUT2D eigenvalue weighted by molar-refractivity contribution is 5.74. The predicted octanol–water partition coefficient (Wildman–Crippen LogP) is 4.30. The van der Waals surface area contributed by atoms with Crippen LogP contribution in [-0.2, 0) is 19.1 Å². The second-order valence-corrected chi connectivity index (χ2v) is 5.75. The van der Waals surface area contributed by atoms with E-state index in [1.54, 1.807) is 6.08 Å². The van der Waals surface area contributed by atoms with Crippen molar-refractivity contribution in [1.82, 2.24) is 0 Å². The van der Waals surface area contributed by atoms with E-state index in [2.05, 4.69) is 0 Å². The number of hydrogen-bond donors (Lipinski definition) is 0. The molecule has 0 fully saturated rings. The molecule has 0 aliphatic heterocycles. The summed E-state index contributed by atoms with van der Waals surface area (Å²) in [6.07, 6.45) is 15.0. The molecule has 124 valence electrons. The van der Waals surface area contributed by atoms with Crippen molar-refractivity contribution in [2.24, 2.45) is 5.92 Å². The van der Waals surface area contributed by atoms with Gasteiger partial charge in [-0.1, -0.05) is 50.7 Å². The smallest absolute Gasteiger partial charge is 0.312 e. The van der Waals surface area contributed by atoms with E-state index < -0.39 is 0 Å². The minimum absolute atomic E-state index is 0.203. The molecule has 0 saturated heterocycles. The Morgan fingerprint density at radius 1 is 1.05 bits per heavy atom. The van der Waals surface area contributed by atoms with Gasteiger partial charge >= 0.3 is 11.9 Å². The Morgan fingerprint density at radius 2 is 1.68 bits per heavy atom. The van der Waals surface area contributed by atoms with Gasteiger partial charge in [0.25, 0.3) is 0 Å². The molecule has 1 atom stereocenters. The molecule has 0 amide bonds. The molecule has 4 heteroatoms. The zero-order valence-corrected chi connectivity index (χ0v) is 13.8. The van der Waals surface area contributed by atoms with E-state index in [9.17, 15) is 9.59 Å². The average Bonchev–Trinajstić information content (AvgIpc) is 2.49. The van der Waals surface area contributed by atoms with Crippen LogP contribution in [0.5, 0.6) is 0 Å². The lowest BCUT2D eigenvalue weighted by molar-refractivity contribution is -0.144. The Bertz CT molecular complexity index is 409. The molecule has 0 saturated carbocycles. The van der Waals surface area contributed by atoms with Crippen LogP contribution in [0, 0.1) is 5.92 Å². The first kappa shape index (κ1) is 18.5. The topological polar surface area (TPSA) is 52.6 Å². The Hall–Kier alpha value is -1.58.